The number of esters is 1. The molecule has 0 radical (unpaired) electrons. The fourth-order valence-electron chi connectivity index (χ4n) is 3.02. The van der Waals surface area contributed by atoms with Crippen molar-refractivity contribution in [2.75, 3.05) is 13.7 Å². The minimum atomic E-state index is -0.292. The summed E-state index contributed by atoms with van der Waals surface area (Å²) in [5.74, 6) is -0.292. The molecule has 3 rings (SSSR count). The van der Waals surface area contributed by atoms with Crippen molar-refractivity contribution in [3.63, 3.8) is 0 Å². The Morgan fingerprint density at radius 1 is 1.21 bits per heavy atom. The van der Waals surface area contributed by atoms with Crippen molar-refractivity contribution in [3.8, 4) is 0 Å². The van der Waals surface area contributed by atoms with Crippen molar-refractivity contribution in [1.82, 2.24) is 24.2 Å². The highest BCUT2D eigenvalue weighted by molar-refractivity contribution is 7.71. The van der Waals surface area contributed by atoms with Gasteiger partial charge in [-0.3, -0.25) is 14.7 Å². The van der Waals surface area contributed by atoms with E-state index in [1.165, 1.54) is 12.7 Å². The lowest BCUT2D eigenvalue weighted by molar-refractivity contribution is -0.142. The second-order valence-electron chi connectivity index (χ2n) is 6.81. The molecule has 0 aliphatic heterocycles. The smallest absolute Gasteiger partial charge is 0.319 e. The largest absolute Gasteiger partial charge is 0.468 e. The van der Waals surface area contributed by atoms with E-state index >= 15 is 0 Å². The van der Waals surface area contributed by atoms with Gasteiger partial charge in [0, 0.05) is 31.4 Å². The molecule has 0 atom stereocenters. The van der Waals surface area contributed by atoms with Crippen molar-refractivity contribution in [1.29, 1.82) is 0 Å². The van der Waals surface area contributed by atoms with Gasteiger partial charge in [-0.25, -0.2) is 4.68 Å². The Morgan fingerprint density at radius 3 is 2.72 bits per heavy atom. The molecule has 29 heavy (non-hydrogen) atoms. The maximum absolute atomic E-state index is 11.9. The number of aromatic nitrogens is 4. The first-order chi connectivity index (χ1) is 14.1. The molecule has 152 valence electrons. The van der Waals surface area contributed by atoms with Crippen LogP contribution >= 0.6 is 12.2 Å². The monoisotopic (exact) mass is 411 g/mol. The number of methoxy groups -OCH3 is 1. The lowest BCUT2D eigenvalue weighted by Gasteiger charge is -2.21. The molecule has 0 aliphatic carbocycles. The summed E-state index contributed by atoms with van der Waals surface area (Å²) in [5.41, 5.74) is 3.33. The molecule has 0 saturated heterocycles. The number of benzene rings is 1. The predicted molar refractivity (Wildman–Crippen MR) is 113 cm³/mol. The number of hydrogen-bond acceptors (Lipinski definition) is 6. The van der Waals surface area contributed by atoms with Crippen molar-refractivity contribution >= 4 is 18.2 Å². The topological polar surface area (TPSA) is 65.2 Å². The number of nitrogens with zero attached hydrogens (tertiary/aromatic N) is 5. The summed E-state index contributed by atoms with van der Waals surface area (Å²) in [4.78, 5) is 18.2. The molecule has 0 N–H and O–H groups in total. The van der Waals surface area contributed by atoms with E-state index < -0.39 is 0 Å². The van der Waals surface area contributed by atoms with Crippen molar-refractivity contribution in [2.45, 2.75) is 33.1 Å². The zero-order valence-corrected chi connectivity index (χ0v) is 17.5. The number of hydrogen-bond donors (Lipinski definition) is 0. The summed E-state index contributed by atoms with van der Waals surface area (Å²) in [6.45, 7) is 3.92. The average molecular weight is 412 g/mol. The fraction of sp³-hybridized carbons (Fsp3) is 0.333. The molecule has 0 unspecified atom stereocenters. The molecular weight excluding hydrogens is 386 g/mol. The molecule has 0 spiro atoms. The molecule has 0 fully saturated rings. The summed E-state index contributed by atoms with van der Waals surface area (Å²) in [5, 5.41) is 4.43. The number of aryl methyl sites for hydroxylation is 3. The number of carbonyl (C=O) groups excluding carboxylic acids is 1. The molecule has 8 heteroatoms. The van der Waals surface area contributed by atoms with Gasteiger partial charge in [-0.2, -0.15) is 5.10 Å². The highest BCUT2D eigenvalue weighted by Crippen LogP contribution is 2.12. The Kier molecular flexibility index (Phi) is 7.26. The molecule has 0 amide bonds. The van der Waals surface area contributed by atoms with Gasteiger partial charge in [-0.05, 0) is 42.4 Å². The molecular formula is C21H25N5O2S. The molecule has 1 aromatic carbocycles. The number of pyridine rings is 1. The second-order valence-corrected chi connectivity index (χ2v) is 7.17. The first-order valence-electron chi connectivity index (χ1n) is 9.42. The highest BCUT2D eigenvalue weighted by Gasteiger charge is 2.15. The standard InChI is InChI=1S/C21H25N5O2S/c1-17-7-3-4-8-18(17)13-24(14-20(27)28-2)16-26-21(29)25(15-23-26)12-10-19-9-5-6-11-22-19/h3-9,11,15H,10,12-14,16H2,1-2H3. The van der Waals surface area contributed by atoms with Crippen LogP contribution in [0.4, 0.5) is 0 Å². The lowest BCUT2D eigenvalue weighted by atomic mass is 10.1. The summed E-state index contributed by atoms with van der Waals surface area (Å²) < 4.78 is 9.13. The lowest BCUT2D eigenvalue weighted by Crippen LogP contribution is -2.33. The number of carbonyl (C=O) groups is 1. The SMILES string of the molecule is COC(=O)CN(Cc1ccccc1C)Cn1ncn(CCc2ccccn2)c1=S. The van der Waals surface area contributed by atoms with Gasteiger partial charge in [0.05, 0.1) is 20.3 Å². The minimum absolute atomic E-state index is 0.160. The predicted octanol–water partition coefficient (Wildman–Crippen LogP) is 2.99. The minimum Gasteiger partial charge on any atom is -0.468 e. The van der Waals surface area contributed by atoms with E-state index in [0.717, 1.165) is 17.7 Å². The summed E-state index contributed by atoms with van der Waals surface area (Å²) >= 11 is 5.59. The van der Waals surface area contributed by atoms with Gasteiger partial charge in [0.1, 0.15) is 6.33 Å². The zero-order valence-electron chi connectivity index (χ0n) is 16.7. The molecule has 2 aromatic heterocycles. The van der Waals surface area contributed by atoms with E-state index in [4.69, 9.17) is 17.0 Å². The average Bonchev–Trinajstić information content (AvgIpc) is 3.08. The van der Waals surface area contributed by atoms with Crippen LogP contribution in [0.25, 0.3) is 0 Å². The first kappa shape index (κ1) is 20.9. The Bertz CT molecular complexity index is 1000. The van der Waals surface area contributed by atoms with Crippen LogP contribution in [0.3, 0.4) is 0 Å². The Hall–Kier alpha value is -2.84. The van der Waals surface area contributed by atoms with Gasteiger partial charge in [-0.1, -0.05) is 30.3 Å². The quantitative estimate of drug-likeness (QED) is 0.398. The van der Waals surface area contributed by atoms with Gasteiger partial charge in [-0.15, -0.1) is 0 Å². The molecule has 3 aromatic rings. The fourth-order valence-corrected chi connectivity index (χ4v) is 3.27. The summed E-state index contributed by atoms with van der Waals surface area (Å²) in [6, 6.07) is 14.0. The van der Waals surface area contributed by atoms with Crippen LogP contribution in [-0.2, 0) is 35.7 Å². The van der Waals surface area contributed by atoms with Crippen molar-refractivity contribution in [2.24, 2.45) is 0 Å². The third-order valence-electron chi connectivity index (χ3n) is 4.70. The third-order valence-corrected chi connectivity index (χ3v) is 5.15. The van der Waals surface area contributed by atoms with E-state index in [0.29, 0.717) is 24.5 Å². The Labute approximate surface area is 175 Å². The normalized spacial score (nSPS) is 11.0. The summed E-state index contributed by atoms with van der Waals surface area (Å²) in [7, 11) is 1.40. The molecule has 0 bridgehead atoms. The van der Waals surface area contributed by atoms with Crippen LogP contribution < -0.4 is 0 Å². The molecule has 7 nitrogen and oxygen atoms in total. The van der Waals surface area contributed by atoms with Gasteiger partial charge in [0.15, 0.2) is 4.77 Å². The second kappa shape index (κ2) is 10.1. The number of rotatable bonds is 9. The highest BCUT2D eigenvalue weighted by atomic mass is 32.1. The summed E-state index contributed by atoms with van der Waals surface area (Å²) in [6.07, 6.45) is 4.29. The van der Waals surface area contributed by atoms with Gasteiger partial charge in [0.25, 0.3) is 0 Å². The molecule has 0 aliphatic rings. The van der Waals surface area contributed by atoms with Gasteiger partial charge >= 0.3 is 5.97 Å². The van der Waals surface area contributed by atoms with E-state index in [2.05, 4.69) is 29.1 Å². The van der Waals surface area contributed by atoms with E-state index in [-0.39, 0.29) is 12.5 Å². The number of ether oxygens (including phenoxy) is 1. The third kappa shape index (κ3) is 5.82. The van der Waals surface area contributed by atoms with Gasteiger partial charge in [0.2, 0.25) is 0 Å². The van der Waals surface area contributed by atoms with E-state index in [1.807, 2.05) is 39.8 Å². The van der Waals surface area contributed by atoms with Crippen LogP contribution in [0.2, 0.25) is 0 Å². The molecule has 2 heterocycles. The zero-order chi connectivity index (χ0) is 20.6. The van der Waals surface area contributed by atoms with Crippen molar-refractivity contribution < 1.29 is 9.53 Å². The van der Waals surface area contributed by atoms with Crippen LogP contribution in [0.1, 0.15) is 16.8 Å². The Balaban J connectivity index is 1.71. The van der Waals surface area contributed by atoms with E-state index in [1.54, 1.807) is 17.2 Å². The van der Waals surface area contributed by atoms with Crippen LogP contribution in [0.15, 0.2) is 55.0 Å². The maximum Gasteiger partial charge on any atom is 0.319 e. The molecule has 0 saturated carbocycles. The van der Waals surface area contributed by atoms with Crippen LogP contribution in [0, 0.1) is 11.7 Å². The van der Waals surface area contributed by atoms with Gasteiger partial charge < -0.3 is 9.30 Å². The first-order valence-corrected chi connectivity index (χ1v) is 9.83. The maximum atomic E-state index is 11.9. The van der Waals surface area contributed by atoms with Crippen LogP contribution in [-0.4, -0.2) is 43.9 Å². The van der Waals surface area contributed by atoms with Crippen molar-refractivity contribution in [3.05, 3.63) is 76.6 Å². The van der Waals surface area contributed by atoms with Crippen LogP contribution in [0.5, 0.6) is 0 Å². The van der Waals surface area contributed by atoms with E-state index in [9.17, 15) is 4.79 Å². The Morgan fingerprint density at radius 2 is 2.00 bits per heavy atom.